The first-order chi connectivity index (χ1) is 16.6. The molecule has 0 radical (unpaired) electrons. The van der Waals surface area contributed by atoms with Gasteiger partial charge in [-0.1, -0.05) is 18.2 Å². The van der Waals surface area contributed by atoms with Crippen LogP contribution in [0.5, 0.6) is 17.2 Å². The van der Waals surface area contributed by atoms with Crippen LogP contribution in [-0.2, 0) is 11.3 Å². The van der Waals surface area contributed by atoms with Gasteiger partial charge in [0.25, 0.3) is 0 Å². The van der Waals surface area contributed by atoms with E-state index >= 15 is 0 Å². The molecule has 1 aromatic heterocycles. The Hall–Kier alpha value is -3.36. The summed E-state index contributed by atoms with van der Waals surface area (Å²) >= 11 is 1.67. The van der Waals surface area contributed by atoms with Crippen LogP contribution in [0.4, 0.5) is 0 Å². The monoisotopic (exact) mass is 479 g/mol. The molecule has 0 atom stereocenters. The van der Waals surface area contributed by atoms with Gasteiger partial charge in [-0.3, -0.25) is 9.69 Å². The number of hydrogen-bond acceptors (Lipinski definition) is 7. The Balaban J connectivity index is 1.29. The first kappa shape index (κ1) is 23.8. The third kappa shape index (κ3) is 5.76. The second-order valence-corrected chi connectivity index (χ2v) is 8.85. The predicted molar refractivity (Wildman–Crippen MR) is 135 cm³/mol. The molecule has 0 unspecified atom stereocenters. The Morgan fingerprint density at radius 3 is 2.53 bits per heavy atom. The molecule has 178 valence electrons. The van der Waals surface area contributed by atoms with Gasteiger partial charge in [0.1, 0.15) is 10.8 Å². The van der Waals surface area contributed by atoms with Gasteiger partial charge in [0.2, 0.25) is 5.91 Å². The van der Waals surface area contributed by atoms with Crippen LogP contribution in [0.3, 0.4) is 0 Å². The van der Waals surface area contributed by atoms with Gasteiger partial charge in [-0.25, -0.2) is 4.98 Å². The summed E-state index contributed by atoms with van der Waals surface area (Å²) in [5, 5.41) is 3.16. The van der Waals surface area contributed by atoms with E-state index < -0.39 is 0 Å². The Kier molecular flexibility index (Phi) is 7.82. The first-order valence-electron chi connectivity index (χ1n) is 11.1. The molecule has 2 heterocycles. The smallest absolute Gasteiger partial charge is 0.246 e. The van der Waals surface area contributed by atoms with Crippen molar-refractivity contribution in [1.29, 1.82) is 0 Å². The van der Waals surface area contributed by atoms with Crippen LogP contribution in [0.2, 0.25) is 0 Å². The zero-order valence-corrected chi connectivity index (χ0v) is 20.5. The van der Waals surface area contributed by atoms with Gasteiger partial charge >= 0.3 is 0 Å². The molecule has 7 nitrogen and oxygen atoms in total. The number of aromatic nitrogens is 1. The first-order valence-corrected chi connectivity index (χ1v) is 12.0. The summed E-state index contributed by atoms with van der Waals surface area (Å²) < 4.78 is 15.9. The highest BCUT2D eigenvalue weighted by Crippen LogP contribution is 2.28. The average Bonchev–Trinajstić information content (AvgIpc) is 3.36. The minimum atomic E-state index is 0.0176. The second-order valence-electron chi connectivity index (χ2n) is 7.91. The van der Waals surface area contributed by atoms with E-state index in [2.05, 4.69) is 10.3 Å². The Morgan fingerprint density at radius 2 is 1.79 bits per heavy atom. The Morgan fingerprint density at radius 1 is 1.00 bits per heavy atom. The molecule has 2 aromatic carbocycles. The summed E-state index contributed by atoms with van der Waals surface area (Å²) in [6.45, 7) is 3.83. The third-order valence-electron chi connectivity index (χ3n) is 5.79. The van der Waals surface area contributed by atoms with Crippen molar-refractivity contribution in [2.75, 3.05) is 47.5 Å². The molecule has 3 aromatic rings. The largest absolute Gasteiger partial charge is 0.497 e. The number of carbonyl (C=O) groups is 1. The van der Waals surface area contributed by atoms with E-state index in [-0.39, 0.29) is 5.91 Å². The number of carbonyl (C=O) groups excluding carboxylic acids is 1. The highest BCUT2D eigenvalue weighted by Gasteiger charge is 2.20. The van der Waals surface area contributed by atoms with E-state index in [4.69, 9.17) is 19.2 Å². The van der Waals surface area contributed by atoms with Crippen molar-refractivity contribution in [1.82, 2.24) is 14.8 Å². The van der Waals surface area contributed by atoms with Gasteiger partial charge in [0.05, 0.1) is 33.6 Å². The van der Waals surface area contributed by atoms with E-state index in [0.717, 1.165) is 47.2 Å². The lowest BCUT2D eigenvalue weighted by atomic mass is 10.1. The average molecular weight is 480 g/mol. The number of amides is 1. The fourth-order valence-electron chi connectivity index (χ4n) is 3.85. The SMILES string of the molecule is COc1cccc(-c2csc(CN3CCN(C(=O)/C=C\c4ccc(OC)c(OC)c4)CC3)n2)c1. The fraction of sp³-hybridized carbons (Fsp3) is 0.308. The van der Waals surface area contributed by atoms with Gasteiger partial charge in [0, 0.05) is 43.2 Å². The van der Waals surface area contributed by atoms with E-state index in [1.54, 1.807) is 38.7 Å². The van der Waals surface area contributed by atoms with Crippen LogP contribution in [-0.4, -0.2) is 68.2 Å². The molecular formula is C26H29N3O4S. The number of benzene rings is 2. The molecular weight excluding hydrogens is 450 g/mol. The molecule has 0 saturated carbocycles. The molecule has 34 heavy (non-hydrogen) atoms. The lowest BCUT2D eigenvalue weighted by Crippen LogP contribution is -2.47. The number of piperazine rings is 1. The van der Waals surface area contributed by atoms with Gasteiger partial charge in [-0.05, 0) is 35.9 Å². The van der Waals surface area contributed by atoms with Crippen molar-refractivity contribution in [3.05, 3.63) is 64.5 Å². The van der Waals surface area contributed by atoms with E-state index in [0.29, 0.717) is 24.6 Å². The Bertz CT molecular complexity index is 1150. The van der Waals surface area contributed by atoms with Crippen LogP contribution in [0.1, 0.15) is 10.6 Å². The van der Waals surface area contributed by atoms with Crippen molar-refractivity contribution >= 4 is 23.3 Å². The summed E-state index contributed by atoms with van der Waals surface area (Å²) in [6.07, 6.45) is 3.44. The summed E-state index contributed by atoms with van der Waals surface area (Å²) in [6, 6.07) is 13.5. The van der Waals surface area contributed by atoms with Gasteiger partial charge in [-0.15, -0.1) is 11.3 Å². The fourth-order valence-corrected chi connectivity index (χ4v) is 4.69. The van der Waals surface area contributed by atoms with E-state index in [1.165, 1.54) is 0 Å². The van der Waals surface area contributed by atoms with Crippen LogP contribution in [0.15, 0.2) is 53.9 Å². The second kappa shape index (κ2) is 11.2. The zero-order chi connectivity index (χ0) is 23.9. The normalized spacial score (nSPS) is 14.4. The van der Waals surface area contributed by atoms with Crippen molar-refractivity contribution in [3.8, 4) is 28.5 Å². The summed E-state index contributed by atoms with van der Waals surface area (Å²) in [7, 11) is 4.87. The van der Waals surface area contributed by atoms with Gasteiger partial charge < -0.3 is 19.1 Å². The zero-order valence-electron chi connectivity index (χ0n) is 19.7. The van der Waals surface area contributed by atoms with Gasteiger partial charge in [-0.2, -0.15) is 0 Å². The third-order valence-corrected chi connectivity index (χ3v) is 6.62. The predicted octanol–water partition coefficient (Wildman–Crippen LogP) is 4.19. The van der Waals surface area contributed by atoms with Crippen LogP contribution < -0.4 is 14.2 Å². The summed E-state index contributed by atoms with van der Waals surface area (Å²) in [5.74, 6) is 2.15. The summed E-state index contributed by atoms with van der Waals surface area (Å²) in [4.78, 5) is 21.7. The standard InChI is InChI=1S/C26H29N3O4S/c1-31-21-6-4-5-20(16-21)22-18-34-25(27-22)17-28-11-13-29(14-12-28)26(30)10-8-19-7-9-23(32-2)24(15-19)33-3/h4-10,15-16,18H,11-14,17H2,1-3H3/b10-8-. The van der Waals surface area contributed by atoms with Crippen molar-refractivity contribution in [3.63, 3.8) is 0 Å². The number of methoxy groups -OCH3 is 3. The maximum Gasteiger partial charge on any atom is 0.246 e. The molecule has 1 amide bonds. The molecule has 0 spiro atoms. The number of nitrogens with zero attached hydrogens (tertiary/aromatic N) is 3. The maximum absolute atomic E-state index is 12.7. The van der Waals surface area contributed by atoms with Crippen LogP contribution in [0.25, 0.3) is 17.3 Å². The molecule has 1 fully saturated rings. The topological polar surface area (TPSA) is 64.1 Å². The van der Waals surface area contributed by atoms with Gasteiger partial charge in [0.15, 0.2) is 11.5 Å². The van der Waals surface area contributed by atoms with Crippen molar-refractivity contribution < 1.29 is 19.0 Å². The maximum atomic E-state index is 12.7. The van der Waals surface area contributed by atoms with E-state index in [1.807, 2.05) is 53.4 Å². The minimum Gasteiger partial charge on any atom is -0.497 e. The molecule has 1 saturated heterocycles. The molecule has 8 heteroatoms. The Labute approximate surface area is 204 Å². The van der Waals surface area contributed by atoms with Crippen molar-refractivity contribution in [2.45, 2.75) is 6.54 Å². The van der Waals surface area contributed by atoms with Crippen LogP contribution in [0, 0.1) is 0 Å². The van der Waals surface area contributed by atoms with E-state index in [9.17, 15) is 4.79 Å². The summed E-state index contributed by atoms with van der Waals surface area (Å²) in [5.41, 5.74) is 2.91. The number of ether oxygens (including phenoxy) is 3. The van der Waals surface area contributed by atoms with Crippen LogP contribution >= 0.6 is 11.3 Å². The molecule has 4 rings (SSSR count). The number of thiazole rings is 1. The molecule has 0 aliphatic carbocycles. The lowest BCUT2D eigenvalue weighted by Gasteiger charge is -2.33. The van der Waals surface area contributed by atoms with Crippen molar-refractivity contribution in [2.24, 2.45) is 0 Å². The quantitative estimate of drug-likeness (QED) is 0.452. The molecule has 1 aliphatic rings. The molecule has 0 bridgehead atoms. The number of rotatable bonds is 8. The molecule has 1 aliphatic heterocycles. The highest BCUT2D eigenvalue weighted by atomic mass is 32.1. The number of hydrogen-bond donors (Lipinski definition) is 0. The minimum absolute atomic E-state index is 0.0176. The highest BCUT2D eigenvalue weighted by molar-refractivity contribution is 7.09. The lowest BCUT2D eigenvalue weighted by molar-refractivity contribution is -0.127. The molecule has 0 N–H and O–H groups in total.